The quantitative estimate of drug-likeness (QED) is 0.879. The van der Waals surface area contributed by atoms with Crippen LogP contribution in [0.15, 0.2) is 24.3 Å². The van der Waals surface area contributed by atoms with E-state index in [1.165, 1.54) is 0 Å². The van der Waals surface area contributed by atoms with Crippen LogP contribution in [0.3, 0.4) is 0 Å². The number of likely N-dealkylation sites (tertiary alicyclic amines) is 1. The molecule has 1 aromatic heterocycles. The lowest BCUT2D eigenvalue weighted by Crippen LogP contribution is -2.38. The van der Waals surface area contributed by atoms with E-state index in [0.717, 1.165) is 49.2 Å². The van der Waals surface area contributed by atoms with E-state index < -0.39 is 0 Å². The average Bonchev–Trinajstić information content (AvgIpc) is 2.81. The van der Waals surface area contributed by atoms with Gasteiger partial charge in [-0.1, -0.05) is 25.0 Å². The Bertz CT molecular complexity index is 721. The van der Waals surface area contributed by atoms with Crippen molar-refractivity contribution in [1.29, 1.82) is 0 Å². The van der Waals surface area contributed by atoms with Crippen molar-refractivity contribution in [2.45, 2.75) is 45.6 Å². The van der Waals surface area contributed by atoms with Crippen LogP contribution in [0.25, 0.3) is 0 Å². The van der Waals surface area contributed by atoms with Crippen molar-refractivity contribution in [1.82, 2.24) is 15.1 Å². The Labute approximate surface area is 148 Å². The standard InChI is InChI=1S/C19H26N4O2/c1-13-18(14(2)22-21-13)16-10-5-4-8-12-23(16)19(24)20-15-9-6-7-11-17(15)25-3/h6-7,9,11,16H,4-5,8,10,12H2,1-3H3,(H,20,24)(H,21,22)/t16-/m1/s1. The topological polar surface area (TPSA) is 70.2 Å². The van der Waals surface area contributed by atoms with Gasteiger partial charge in [-0.2, -0.15) is 5.10 Å². The summed E-state index contributed by atoms with van der Waals surface area (Å²) in [5, 5.41) is 10.4. The minimum Gasteiger partial charge on any atom is -0.495 e. The number of nitrogens with zero attached hydrogens (tertiary/aromatic N) is 2. The number of nitrogens with one attached hydrogen (secondary N) is 2. The van der Waals surface area contributed by atoms with Gasteiger partial charge in [0.1, 0.15) is 5.75 Å². The molecule has 6 nitrogen and oxygen atoms in total. The van der Waals surface area contributed by atoms with Crippen molar-refractivity contribution in [2.24, 2.45) is 0 Å². The minimum atomic E-state index is -0.0867. The zero-order valence-electron chi connectivity index (χ0n) is 15.1. The van der Waals surface area contributed by atoms with Crippen LogP contribution in [0.5, 0.6) is 5.75 Å². The molecule has 0 radical (unpaired) electrons. The molecule has 0 spiro atoms. The SMILES string of the molecule is COc1ccccc1NC(=O)N1CCCCC[C@@H]1c1c(C)n[nH]c1C. The second-order valence-electron chi connectivity index (χ2n) is 6.54. The van der Waals surface area contributed by atoms with Crippen LogP contribution < -0.4 is 10.1 Å². The number of carbonyl (C=O) groups excluding carboxylic acids is 1. The molecule has 3 rings (SSSR count). The van der Waals surface area contributed by atoms with E-state index >= 15 is 0 Å². The van der Waals surface area contributed by atoms with Crippen molar-refractivity contribution in [3.8, 4) is 5.75 Å². The summed E-state index contributed by atoms with van der Waals surface area (Å²) in [5.41, 5.74) is 3.86. The fraction of sp³-hybridized carbons (Fsp3) is 0.474. The van der Waals surface area contributed by atoms with Crippen LogP contribution >= 0.6 is 0 Å². The average molecular weight is 342 g/mol. The van der Waals surface area contributed by atoms with Gasteiger partial charge in [0.15, 0.2) is 0 Å². The molecule has 1 saturated heterocycles. The van der Waals surface area contributed by atoms with Gasteiger partial charge in [-0.25, -0.2) is 4.79 Å². The van der Waals surface area contributed by atoms with Gasteiger partial charge in [0.2, 0.25) is 0 Å². The third-order valence-electron chi connectivity index (χ3n) is 4.88. The van der Waals surface area contributed by atoms with Gasteiger partial charge in [-0.15, -0.1) is 0 Å². The number of aromatic amines is 1. The smallest absolute Gasteiger partial charge is 0.322 e. The molecule has 1 atom stereocenters. The first kappa shape index (κ1) is 17.3. The normalized spacial score (nSPS) is 17.9. The van der Waals surface area contributed by atoms with Crippen molar-refractivity contribution in [3.05, 3.63) is 41.2 Å². The van der Waals surface area contributed by atoms with Gasteiger partial charge in [0.25, 0.3) is 0 Å². The number of anilines is 1. The van der Waals surface area contributed by atoms with Gasteiger partial charge in [-0.05, 0) is 38.8 Å². The molecule has 1 fully saturated rings. The largest absolute Gasteiger partial charge is 0.495 e. The Hall–Kier alpha value is -2.50. The Morgan fingerprint density at radius 1 is 1.28 bits per heavy atom. The summed E-state index contributed by atoms with van der Waals surface area (Å²) < 4.78 is 5.35. The number of ether oxygens (including phenoxy) is 1. The summed E-state index contributed by atoms with van der Waals surface area (Å²) in [7, 11) is 1.61. The fourth-order valence-electron chi connectivity index (χ4n) is 3.64. The van der Waals surface area contributed by atoms with E-state index in [1.54, 1.807) is 7.11 Å². The molecule has 2 amide bonds. The Kier molecular flexibility index (Phi) is 5.26. The predicted octanol–water partition coefficient (Wildman–Crippen LogP) is 4.18. The number of urea groups is 1. The molecule has 0 saturated carbocycles. The number of para-hydroxylation sites is 2. The van der Waals surface area contributed by atoms with Crippen LogP contribution in [-0.4, -0.2) is 34.8 Å². The van der Waals surface area contributed by atoms with E-state index in [2.05, 4.69) is 15.5 Å². The summed E-state index contributed by atoms with van der Waals surface area (Å²) in [5.74, 6) is 0.665. The highest BCUT2D eigenvalue weighted by atomic mass is 16.5. The number of hydrogen-bond acceptors (Lipinski definition) is 3. The number of carbonyl (C=O) groups is 1. The number of methoxy groups -OCH3 is 1. The van der Waals surface area contributed by atoms with Crippen molar-refractivity contribution < 1.29 is 9.53 Å². The third kappa shape index (κ3) is 3.62. The van der Waals surface area contributed by atoms with Gasteiger partial charge in [0.05, 0.1) is 24.5 Å². The van der Waals surface area contributed by atoms with Gasteiger partial charge >= 0.3 is 6.03 Å². The van der Waals surface area contributed by atoms with E-state index in [-0.39, 0.29) is 12.1 Å². The van der Waals surface area contributed by atoms with Gasteiger partial charge in [0, 0.05) is 17.8 Å². The monoisotopic (exact) mass is 342 g/mol. The maximum atomic E-state index is 13.0. The van der Waals surface area contributed by atoms with Crippen LogP contribution in [0.2, 0.25) is 0 Å². The summed E-state index contributed by atoms with van der Waals surface area (Å²) in [6.45, 7) is 4.77. The molecule has 2 N–H and O–H groups in total. The Balaban J connectivity index is 1.87. The fourth-order valence-corrected chi connectivity index (χ4v) is 3.64. The second kappa shape index (κ2) is 7.59. The molecule has 0 aliphatic carbocycles. The lowest BCUT2D eigenvalue weighted by molar-refractivity contribution is 0.189. The molecule has 0 unspecified atom stereocenters. The summed E-state index contributed by atoms with van der Waals surface area (Å²) in [6.07, 6.45) is 4.24. The molecule has 1 aromatic carbocycles. The minimum absolute atomic E-state index is 0.0518. The molecule has 2 aromatic rings. The molecule has 0 bridgehead atoms. The highest BCUT2D eigenvalue weighted by Crippen LogP contribution is 2.34. The third-order valence-corrected chi connectivity index (χ3v) is 4.88. The summed E-state index contributed by atoms with van der Waals surface area (Å²) >= 11 is 0. The molecule has 134 valence electrons. The van der Waals surface area contributed by atoms with E-state index in [1.807, 2.05) is 43.0 Å². The van der Waals surface area contributed by atoms with Crippen LogP contribution in [0, 0.1) is 13.8 Å². The number of aryl methyl sites for hydroxylation is 2. The van der Waals surface area contributed by atoms with Crippen LogP contribution in [-0.2, 0) is 0 Å². The number of amides is 2. The molecular weight excluding hydrogens is 316 g/mol. The highest BCUT2D eigenvalue weighted by Gasteiger charge is 2.30. The maximum absolute atomic E-state index is 13.0. The molecule has 2 heterocycles. The predicted molar refractivity (Wildman–Crippen MR) is 98.0 cm³/mol. The number of H-pyrrole nitrogens is 1. The number of aromatic nitrogens is 2. The number of benzene rings is 1. The van der Waals surface area contributed by atoms with E-state index in [4.69, 9.17) is 4.74 Å². The second-order valence-corrected chi connectivity index (χ2v) is 6.54. The van der Waals surface area contributed by atoms with Crippen molar-refractivity contribution in [2.75, 3.05) is 19.0 Å². The molecular formula is C19H26N4O2. The first-order chi connectivity index (χ1) is 12.1. The number of rotatable bonds is 3. The lowest BCUT2D eigenvalue weighted by atomic mass is 9.99. The summed E-state index contributed by atoms with van der Waals surface area (Å²) in [4.78, 5) is 15.0. The van der Waals surface area contributed by atoms with Crippen molar-refractivity contribution >= 4 is 11.7 Å². The first-order valence-electron chi connectivity index (χ1n) is 8.84. The Morgan fingerprint density at radius 2 is 2.08 bits per heavy atom. The molecule has 6 heteroatoms. The van der Waals surface area contributed by atoms with E-state index in [0.29, 0.717) is 11.4 Å². The van der Waals surface area contributed by atoms with Gasteiger partial charge < -0.3 is 15.0 Å². The number of hydrogen-bond donors (Lipinski definition) is 2. The highest BCUT2D eigenvalue weighted by molar-refractivity contribution is 5.91. The Morgan fingerprint density at radius 3 is 2.80 bits per heavy atom. The van der Waals surface area contributed by atoms with Crippen molar-refractivity contribution in [3.63, 3.8) is 0 Å². The molecule has 1 aliphatic rings. The summed E-state index contributed by atoms with van der Waals surface area (Å²) in [6, 6.07) is 7.45. The maximum Gasteiger partial charge on any atom is 0.322 e. The zero-order valence-corrected chi connectivity index (χ0v) is 15.1. The first-order valence-corrected chi connectivity index (χ1v) is 8.84. The lowest BCUT2D eigenvalue weighted by Gasteiger charge is -2.31. The molecule has 1 aliphatic heterocycles. The van der Waals surface area contributed by atoms with Crippen LogP contribution in [0.4, 0.5) is 10.5 Å². The molecule has 25 heavy (non-hydrogen) atoms. The zero-order chi connectivity index (χ0) is 17.8. The van der Waals surface area contributed by atoms with Crippen LogP contribution in [0.1, 0.15) is 48.7 Å². The van der Waals surface area contributed by atoms with E-state index in [9.17, 15) is 4.79 Å². The van der Waals surface area contributed by atoms with Gasteiger partial charge in [-0.3, -0.25) is 5.10 Å².